The van der Waals surface area contributed by atoms with Crippen molar-refractivity contribution < 1.29 is 69.0 Å². The Bertz CT molecular complexity index is 57.8. The molecule has 0 unspecified atom stereocenters. The van der Waals surface area contributed by atoms with Crippen molar-refractivity contribution in [2.24, 2.45) is 0 Å². The van der Waals surface area contributed by atoms with Crippen molar-refractivity contribution in [3.05, 3.63) is 0 Å². The van der Waals surface area contributed by atoms with E-state index in [1.807, 2.05) is 0 Å². The Balaban J connectivity index is -0.0000000800. The van der Waals surface area contributed by atoms with Crippen LogP contribution in [0.2, 0.25) is 0 Å². The zero-order valence-electron chi connectivity index (χ0n) is 3.01. The fourth-order valence-electron chi connectivity index (χ4n) is 0. The van der Waals surface area contributed by atoms with Crippen LogP contribution in [-0.4, -0.2) is 0 Å². The maximum Gasteiger partial charge on any atom is 3.00 e. The molecule has 7 heteroatoms. The normalized spacial score (nSPS) is 8.43. The van der Waals surface area contributed by atoms with E-state index in [9.17, 15) is 0 Å². The first-order chi connectivity index (χ1) is 2.00. The third-order valence-electron chi connectivity index (χ3n) is 0. The summed E-state index contributed by atoms with van der Waals surface area (Å²) < 4.78 is 8.55. The number of rotatable bonds is 0. The first-order valence-corrected chi connectivity index (χ1v) is 2.19. The fraction of sp³-hybridized carbons (Fsp3) is 0. The second-order valence-electron chi connectivity index (χ2n) is 0.447. The van der Waals surface area contributed by atoms with Gasteiger partial charge in [-0.3, -0.25) is 0 Å². The van der Waals surface area contributed by atoms with E-state index in [0.29, 0.717) is 0 Å². The zero-order chi connectivity index (χ0) is 4.50. The second-order valence-corrected chi connectivity index (χ2v) is 1.34. The predicted molar refractivity (Wildman–Crippen MR) is 7.61 cm³/mol. The summed E-state index contributed by atoms with van der Waals surface area (Å²) in [6, 6.07) is 0. The smallest absolute Gasteiger partial charge is 0.822 e. The Morgan fingerprint density at radius 1 is 1.14 bits per heavy atom. The molecule has 4 nitrogen and oxygen atoms in total. The molecular formula is FeO4PY+2. The van der Waals surface area contributed by atoms with Gasteiger partial charge in [0.05, 0.1) is 0 Å². The summed E-state index contributed by atoms with van der Waals surface area (Å²) in [5.41, 5.74) is 0. The van der Waals surface area contributed by atoms with Crippen molar-refractivity contribution in [1.82, 2.24) is 0 Å². The van der Waals surface area contributed by atoms with Crippen LogP contribution in [0, 0.1) is 0 Å². The van der Waals surface area contributed by atoms with Crippen molar-refractivity contribution in [3.63, 3.8) is 0 Å². The summed E-state index contributed by atoms with van der Waals surface area (Å²) >= 11 is 0. The van der Waals surface area contributed by atoms with Crippen LogP contribution in [0.5, 0.6) is 0 Å². The Hall–Kier alpha value is 1.73. The van der Waals surface area contributed by atoms with Crippen molar-refractivity contribution >= 4 is 7.82 Å². The van der Waals surface area contributed by atoms with Gasteiger partial charge in [-0.25, -0.2) is 0 Å². The van der Waals surface area contributed by atoms with Crippen LogP contribution < -0.4 is 14.7 Å². The Morgan fingerprint density at radius 3 is 1.14 bits per heavy atom. The molecule has 0 N–H and O–H groups in total. The van der Waals surface area contributed by atoms with Gasteiger partial charge in [-0.05, 0) is 0 Å². The van der Waals surface area contributed by atoms with E-state index in [1.165, 1.54) is 0 Å². The molecule has 7 heavy (non-hydrogen) atoms. The number of hydrogen-bond acceptors (Lipinski definition) is 4. The van der Waals surface area contributed by atoms with Crippen molar-refractivity contribution in [2.75, 3.05) is 0 Å². The molecule has 0 aromatic rings. The van der Waals surface area contributed by atoms with Gasteiger partial charge in [-0.15, -0.1) is 0 Å². The quantitative estimate of drug-likeness (QED) is 0.337. The van der Waals surface area contributed by atoms with Gasteiger partial charge < -0.3 is 19.2 Å². The van der Waals surface area contributed by atoms with Crippen molar-refractivity contribution in [3.8, 4) is 0 Å². The van der Waals surface area contributed by atoms with Gasteiger partial charge in [0.1, 0.15) is 0 Å². The minimum absolute atomic E-state index is 0. The van der Waals surface area contributed by atoms with Crippen LogP contribution in [-0.2, 0) is 54.3 Å². The van der Waals surface area contributed by atoms with Gasteiger partial charge in [0, 0.05) is 0 Å². The molecule has 0 atom stereocenters. The molecule has 0 aliphatic heterocycles. The monoisotopic (exact) mass is 240 g/mol. The van der Waals surface area contributed by atoms with Crippen LogP contribution in [0.4, 0.5) is 0 Å². The molecule has 0 aliphatic rings. The van der Waals surface area contributed by atoms with Gasteiger partial charge in [-0.1, -0.05) is 0 Å². The van der Waals surface area contributed by atoms with Gasteiger partial charge in [-0.2, -0.15) is 7.82 Å². The summed E-state index contributed by atoms with van der Waals surface area (Å²) in [4.78, 5) is 25.6. The summed E-state index contributed by atoms with van der Waals surface area (Å²) in [6.07, 6.45) is 0. The van der Waals surface area contributed by atoms with Crippen LogP contribution in [0.1, 0.15) is 0 Å². The molecule has 0 amide bonds. The topological polar surface area (TPSA) is 86.2 Å². The van der Waals surface area contributed by atoms with Gasteiger partial charge in [0.2, 0.25) is 0 Å². The van der Waals surface area contributed by atoms with E-state index < -0.39 is 7.82 Å². The second kappa shape index (κ2) is 5.86. The molecule has 0 heterocycles. The minimum atomic E-state index is -5.39. The third-order valence-corrected chi connectivity index (χ3v) is 0. The summed E-state index contributed by atoms with van der Waals surface area (Å²) in [6.45, 7) is 0. The Labute approximate surface area is 76.3 Å². The summed E-state index contributed by atoms with van der Waals surface area (Å²) in [7, 11) is -5.39. The first kappa shape index (κ1) is 15.9. The summed E-state index contributed by atoms with van der Waals surface area (Å²) in [5.74, 6) is 0. The molecule has 0 fully saturated rings. The predicted octanol–water partition coefficient (Wildman–Crippen LogP) is -2.83. The SMILES string of the molecule is O=P([O-])([O-])[O-].[Fe+2].[Y+3]. The van der Waals surface area contributed by atoms with Crippen molar-refractivity contribution in [1.29, 1.82) is 0 Å². The van der Waals surface area contributed by atoms with E-state index in [2.05, 4.69) is 0 Å². The molecule has 0 saturated carbocycles. The molecule has 0 aliphatic carbocycles. The zero-order valence-corrected chi connectivity index (χ0v) is 7.85. The minimum Gasteiger partial charge on any atom is -0.822 e. The van der Waals surface area contributed by atoms with Crippen LogP contribution >= 0.6 is 7.82 Å². The van der Waals surface area contributed by atoms with Crippen LogP contribution in [0.3, 0.4) is 0 Å². The van der Waals surface area contributed by atoms with E-state index in [-0.39, 0.29) is 49.8 Å². The molecule has 0 rings (SSSR count). The fourth-order valence-corrected chi connectivity index (χ4v) is 0. The molecule has 0 radical (unpaired) electrons. The van der Waals surface area contributed by atoms with Gasteiger partial charge in [0.25, 0.3) is 0 Å². The third kappa shape index (κ3) is 84.6. The Morgan fingerprint density at radius 2 is 1.14 bits per heavy atom. The van der Waals surface area contributed by atoms with Crippen LogP contribution in [0.25, 0.3) is 0 Å². The first-order valence-electron chi connectivity index (χ1n) is 0.730. The molecule has 0 spiro atoms. The van der Waals surface area contributed by atoms with Gasteiger partial charge in [0.15, 0.2) is 0 Å². The number of phosphoric acid groups is 1. The molecule has 38 valence electrons. The van der Waals surface area contributed by atoms with E-state index in [0.717, 1.165) is 0 Å². The van der Waals surface area contributed by atoms with Gasteiger partial charge >= 0.3 is 49.8 Å². The standard InChI is InChI=1S/Fe.H3O4P.Y/c;1-5(2,3)4;/h;(H3,1,2,3,4);/q+2;;+3/p-3. The van der Waals surface area contributed by atoms with E-state index >= 15 is 0 Å². The molecular weight excluding hydrogens is 240 g/mol. The average Bonchev–Trinajstić information content (AvgIpc) is 0.722. The average molecular weight is 240 g/mol. The van der Waals surface area contributed by atoms with E-state index in [4.69, 9.17) is 19.2 Å². The maximum absolute atomic E-state index is 8.55. The number of hydrogen-bond donors (Lipinski definition) is 0. The maximum atomic E-state index is 8.55. The Kier molecular flexibility index (Phi) is 13.3. The molecule has 0 aromatic carbocycles. The van der Waals surface area contributed by atoms with E-state index in [1.54, 1.807) is 0 Å². The molecule has 0 bridgehead atoms. The van der Waals surface area contributed by atoms with Crippen LogP contribution in [0.15, 0.2) is 0 Å². The molecule has 0 aromatic heterocycles. The van der Waals surface area contributed by atoms with Crippen molar-refractivity contribution in [2.45, 2.75) is 0 Å². The largest absolute Gasteiger partial charge is 3.00 e. The molecule has 0 saturated heterocycles. The summed E-state index contributed by atoms with van der Waals surface area (Å²) in [5, 5.41) is 0.